The Hall–Kier alpha value is -1.12. The first-order chi connectivity index (χ1) is 8.93. The molecule has 0 aromatic carbocycles. The Morgan fingerprint density at radius 1 is 1.42 bits per heavy atom. The van der Waals surface area contributed by atoms with Crippen molar-refractivity contribution in [2.75, 3.05) is 26.2 Å². The number of aromatic nitrogens is 2. The molecule has 1 saturated heterocycles. The van der Waals surface area contributed by atoms with Crippen LogP contribution in [0.25, 0.3) is 0 Å². The highest BCUT2D eigenvalue weighted by Gasteiger charge is 2.33. The van der Waals surface area contributed by atoms with Crippen molar-refractivity contribution in [3.8, 4) is 0 Å². The molecular weight excluding hydrogens is 282 g/mol. The van der Waals surface area contributed by atoms with Crippen LogP contribution >= 0.6 is 23.8 Å². The number of amides is 1. The van der Waals surface area contributed by atoms with Gasteiger partial charge in [-0.05, 0) is 25.4 Å². The fraction of sp³-hybridized carbons (Fsp3) is 0.636. The summed E-state index contributed by atoms with van der Waals surface area (Å²) in [7, 11) is 0. The van der Waals surface area contributed by atoms with Crippen LogP contribution in [-0.4, -0.2) is 62.0 Å². The zero-order valence-electron chi connectivity index (χ0n) is 11.0. The van der Waals surface area contributed by atoms with Gasteiger partial charge in [0.25, 0.3) is 5.91 Å². The fourth-order valence-corrected chi connectivity index (χ4v) is 2.60. The highest BCUT2D eigenvalue weighted by molar-refractivity contribution is 7.80. The van der Waals surface area contributed by atoms with Gasteiger partial charge in [0.05, 0.1) is 10.5 Å². The van der Waals surface area contributed by atoms with Gasteiger partial charge in [-0.25, -0.2) is 0 Å². The largest absolute Gasteiger partial charge is 0.392 e. The SMILES string of the molecule is CC(C)(C(N)=S)N1CCN(C(=O)c2csnn2)CC1. The minimum absolute atomic E-state index is 0.0541. The molecule has 0 bridgehead atoms. The van der Waals surface area contributed by atoms with E-state index in [1.165, 1.54) is 11.5 Å². The van der Waals surface area contributed by atoms with E-state index < -0.39 is 0 Å². The van der Waals surface area contributed by atoms with Crippen molar-refractivity contribution in [1.82, 2.24) is 19.4 Å². The molecule has 2 heterocycles. The number of piperazine rings is 1. The summed E-state index contributed by atoms with van der Waals surface area (Å²) >= 11 is 6.29. The summed E-state index contributed by atoms with van der Waals surface area (Å²) in [6.45, 7) is 6.85. The van der Waals surface area contributed by atoms with Crippen LogP contribution in [0.15, 0.2) is 5.38 Å². The lowest BCUT2D eigenvalue weighted by atomic mass is 10.0. The lowest BCUT2D eigenvalue weighted by molar-refractivity contribution is 0.0534. The van der Waals surface area contributed by atoms with Crippen LogP contribution in [0.4, 0.5) is 0 Å². The molecule has 0 unspecified atom stereocenters. The van der Waals surface area contributed by atoms with Crippen LogP contribution in [0.5, 0.6) is 0 Å². The highest BCUT2D eigenvalue weighted by Crippen LogP contribution is 2.18. The summed E-state index contributed by atoms with van der Waals surface area (Å²) in [4.78, 5) is 16.6. The molecule has 6 nitrogen and oxygen atoms in total. The quantitative estimate of drug-likeness (QED) is 0.812. The zero-order valence-corrected chi connectivity index (χ0v) is 12.6. The molecule has 8 heteroatoms. The molecule has 0 radical (unpaired) electrons. The fourth-order valence-electron chi connectivity index (χ4n) is 2.04. The van der Waals surface area contributed by atoms with Gasteiger partial charge < -0.3 is 10.6 Å². The van der Waals surface area contributed by atoms with E-state index >= 15 is 0 Å². The van der Waals surface area contributed by atoms with E-state index in [1.54, 1.807) is 10.3 Å². The number of nitrogens with zero attached hydrogens (tertiary/aromatic N) is 4. The van der Waals surface area contributed by atoms with Crippen molar-refractivity contribution in [3.05, 3.63) is 11.1 Å². The Morgan fingerprint density at radius 2 is 2.05 bits per heavy atom. The van der Waals surface area contributed by atoms with Crippen molar-refractivity contribution in [2.24, 2.45) is 5.73 Å². The Labute approximate surface area is 121 Å². The van der Waals surface area contributed by atoms with E-state index in [-0.39, 0.29) is 11.4 Å². The lowest BCUT2D eigenvalue weighted by Crippen LogP contribution is -2.59. The van der Waals surface area contributed by atoms with E-state index in [2.05, 4.69) is 14.5 Å². The lowest BCUT2D eigenvalue weighted by Gasteiger charge is -2.43. The van der Waals surface area contributed by atoms with Gasteiger partial charge in [0, 0.05) is 31.6 Å². The molecule has 1 aromatic rings. The first-order valence-electron chi connectivity index (χ1n) is 6.04. The number of carbonyl (C=O) groups excluding carboxylic acids is 1. The predicted octanol–water partition coefficient (Wildman–Crippen LogP) is 0.361. The Balaban J connectivity index is 1.96. The second-order valence-corrected chi connectivity index (χ2v) is 6.04. The number of hydrogen-bond acceptors (Lipinski definition) is 6. The van der Waals surface area contributed by atoms with Crippen LogP contribution in [-0.2, 0) is 0 Å². The number of carbonyl (C=O) groups is 1. The maximum atomic E-state index is 12.1. The average molecular weight is 299 g/mol. The molecule has 19 heavy (non-hydrogen) atoms. The number of nitrogens with two attached hydrogens (primary N) is 1. The Morgan fingerprint density at radius 3 is 2.53 bits per heavy atom. The minimum Gasteiger partial charge on any atom is -0.392 e. The van der Waals surface area contributed by atoms with Crippen molar-refractivity contribution >= 4 is 34.6 Å². The van der Waals surface area contributed by atoms with E-state index in [0.717, 1.165) is 13.1 Å². The van der Waals surface area contributed by atoms with Crippen molar-refractivity contribution < 1.29 is 4.79 Å². The van der Waals surface area contributed by atoms with Crippen LogP contribution < -0.4 is 5.73 Å². The van der Waals surface area contributed by atoms with Crippen LogP contribution in [0.1, 0.15) is 24.3 Å². The van der Waals surface area contributed by atoms with Gasteiger partial charge in [-0.3, -0.25) is 9.69 Å². The smallest absolute Gasteiger partial charge is 0.275 e. The average Bonchev–Trinajstić information content (AvgIpc) is 2.91. The summed E-state index contributed by atoms with van der Waals surface area (Å²) in [6.07, 6.45) is 0. The third kappa shape index (κ3) is 2.90. The van der Waals surface area contributed by atoms with Crippen LogP contribution in [0.2, 0.25) is 0 Å². The van der Waals surface area contributed by atoms with Gasteiger partial charge in [0.2, 0.25) is 0 Å². The second-order valence-electron chi connectivity index (χ2n) is 4.99. The summed E-state index contributed by atoms with van der Waals surface area (Å²) in [5, 5.41) is 5.48. The zero-order chi connectivity index (χ0) is 14.0. The van der Waals surface area contributed by atoms with Gasteiger partial charge in [-0.15, -0.1) is 5.10 Å². The van der Waals surface area contributed by atoms with Crippen molar-refractivity contribution in [3.63, 3.8) is 0 Å². The molecule has 1 aromatic heterocycles. The van der Waals surface area contributed by atoms with Gasteiger partial charge in [-0.2, -0.15) is 0 Å². The molecule has 2 N–H and O–H groups in total. The molecule has 1 fully saturated rings. The van der Waals surface area contributed by atoms with Gasteiger partial charge >= 0.3 is 0 Å². The van der Waals surface area contributed by atoms with E-state index in [1.807, 2.05) is 13.8 Å². The molecule has 1 amide bonds. The second kappa shape index (κ2) is 5.48. The summed E-state index contributed by atoms with van der Waals surface area (Å²) < 4.78 is 3.72. The molecule has 104 valence electrons. The summed E-state index contributed by atoms with van der Waals surface area (Å²) in [5.74, 6) is -0.0541. The third-order valence-corrected chi connectivity index (χ3v) is 4.54. The molecule has 0 atom stereocenters. The summed E-state index contributed by atoms with van der Waals surface area (Å²) in [5.41, 5.74) is 5.88. The molecule has 0 spiro atoms. The minimum atomic E-state index is -0.313. The predicted molar refractivity (Wildman–Crippen MR) is 78.2 cm³/mol. The van der Waals surface area contributed by atoms with E-state index in [4.69, 9.17) is 18.0 Å². The van der Waals surface area contributed by atoms with E-state index in [9.17, 15) is 4.79 Å². The molecule has 0 saturated carbocycles. The maximum absolute atomic E-state index is 12.1. The monoisotopic (exact) mass is 299 g/mol. The Kier molecular flexibility index (Phi) is 4.12. The van der Waals surface area contributed by atoms with Crippen LogP contribution in [0.3, 0.4) is 0 Å². The number of rotatable bonds is 3. The van der Waals surface area contributed by atoms with Crippen molar-refractivity contribution in [1.29, 1.82) is 0 Å². The van der Waals surface area contributed by atoms with Gasteiger partial charge in [0.1, 0.15) is 0 Å². The van der Waals surface area contributed by atoms with Crippen LogP contribution in [0, 0.1) is 0 Å². The molecule has 2 rings (SSSR count). The van der Waals surface area contributed by atoms with Gasteiger partial charge in [-0.1, -0.05) is 16.7 Å². The third-order valence-electron chi connectivity index (χ3n) is 3.54. The molecular formula is C11H17N5OS2. The number of thiocarbonyl (C=S) groups is 1. The molecule has 0 aliphatic carbocycles. The topological polar surface area (TPSA) is 75.3 Å². The van der Waals surface area contributed by atoms with Gasteiger partial charge in [0.15, 0.2) is 5.69 Å². The normalized spacial score (nSPS) is 17.5. The maximum Gasteiger partial charge on any atom is 0.275 e. The number of hydrogen-bond donors (Lipinski definition) is 1. The summed E-state index contributed by atoms with van der Waals surface area (Å²) in [6, 6.07) is 0. The standard InChI is InChI=1S/C11H17N5OS2/c1-11(2,10(12)18)16-5-3-15(4-6-16)9(17)8-7-19-14-13-8/h7H,3-6H2,1-2H3,(H2,12,18). The highest BCUT2D eigenvalue weighted by atomic mass is 32.1. The first kappa shape index (κ1) is 14.3. The van der Waals surface area contributed by atoms with E-state index in [0.29, 0.717) is 23.8 Å². The Bertz CT molecular complexity index is 465. The molecule has 1 aliphatic rings. The van der Waals surface area contributed by atoms with Crippen molar-refractivity contribution in [2.45, 2.75) is 19.4 Å². The molecule has 1 aliphatic heterocycles. The first-order valence-corrected chi connectivity index (χ1v) is 7.28.